The van der Waals surface area contributed by atoms with Crippen molar-refractivity contribution >= 4 is 33.3 Å². The summed E-state index contributed by atoms with van der Waals surface area (Å²) in [6.45, 7) is 0.449. The summed E-state index contributed by atoms with van der Waals surface area (Å²) in [7, 11) is 0. The van der Waals surface area contributed by atoms with E-state index in [1.165, 1.54) is 21.9 Å². The Bertz CT molecular complexity index is 1090. The van der Waals surface area contributed by atoms with Gasteiger partial charge in [-0.2, -0.15) is 10.2 Å². The number of nitrogens with one attached hydrogen (secondary N) is 1. The van der Waals surface area contributed by atoms with E-state index >= 15 is 0 Å². The predicted molar refractivity (Wildman–Crippen MR) is 98.9 cm³/mol. The van der Waals surface area contributed by atoms with Crippen LogP contribution in [0.5, 0.6) is 0 Å². The van der Waals surface area contributed by atoms with Crippen molar-refractivity contribution < 1.29 is 9.59 Å². The van der Waals surface area contributed by atoms with Gasteiger partial charge in [0.25, 0.3) is 5.56 Å². The van der Waals surface area contributed by atoms with Crippen LogP contribution in [0, 0.1) is 0 Å². The van der Waals surface area contributed by atoms with Crippen LogP contribution in [0.4, 0.5) is 0 Å². The molecular formula is C17H15BrN6O3. The molecule has 1 N–H and O–H groups in total. The monoisotopic (exact) mass is 430 g/mol. The van der Waals surface area contributed by atoms with Gasteiger partial charge in [0.2, 0.25) is 11.8 Å². The summed E-state index contributed by atoms with van der Waals surface area (Å²) in [5.74, 6) is -0.614. The third kappa shape index (κ3) is 3.12. The van der Waals surface area contributed by atoms with Crippen molar-refractivity contribution in [2.75, 3.05) is 13.1 Å². The molecule has 9 nitrogen and oxygen atoms in total. The fraction of sp³-hybridized carbons (Fsp3) is 0.235. The van der Waals surface area contributed by atoms with Crippen molar-refractivity contribution in [3.8, 4) is 0 Å². The van der Waals surface area contributed by atoms with E-state index in [0.717, 1.165) is 9.15 Å². The average molecular weight is 431 g/mol. The number of halogens is 1. The average Bonchev–Trinajstić information content (AvgIpc) is 3.14. The molecule has 1 atom stereocenters. The first-order chi connectivity index (χ1) is 13.1. The van der Waals surface area contributed by atoms with Crippen molar-refractivity contribution in [2.24, 2.45) is 0 Å². The SMILES string of the molecule is O=C1NCCN(C(=O)Cn2ncn3nccc3c2=O)C1c1ccccc1Br. The molecule has 1 saturated heterocycles. The van der Waals surface area contributed by atoms with Crippen molar-refractivity contribution in [2.45, 2.75) is 12.6 Å². The van der Waals surface area contributed by atoms with Gasteiger partial charge >= 0.3 is 0 Å². The molecule has 0 spiro atoms. The van der Waals surface area contributed by atoms with E-state index in [2.05, 4.69) is 31.4 Å². The van der Waals surface area contributed by atoms with E-state index in [1.807, 2.05) is 18.2 Å². The molecule has 1 aliphatic heterocycles. The fourth-order valence-corrected chi connectivity index (χ4v) is 3.65. The van der Waals surface area contributed by atoms with Crippen molar-refractivity contribution in [1.29, 1.82) is 0 Å². The lowest BCUT2D eigenvalue weighted by molar-refractivity contribution is -0.144. The topological polar surface area (TPSA) is 102 Å². The smallest absolute Gasteiger partial charge is 0.293 e. The Kier molecular flexibility index (Phi) is 4.48. The Morgan fingerprint density at radius 2 is 2.04 bits per heavy atom. The molecule has 3 heterocycles. The number of aromatic nitrogens is 4. The first-order valence-electron chi connectivity index (χ1n) is 8.27. The number of hydrogen-bond donors (Lipinski definition) is 1. The second kappa shape index (κ2) is 6.95. The van der Waals surface area contributed by atoms with Crippen LogP contribution in [-0.4, -0.2) is 49.2 Å². The molecular weight excluding hydrogens is 416 g/mol. The van der Waals surface area contributed by atoms with Crippen LogP contribution in [0.2, 0.25) is 0 Å². The lowest BCUT2D eigenvalue weighted by atomic mass is 10.0. The minimum Gasteiger partial charge on any atom is -0.352 e. The van der Waals surface area contributed by atoms with Crippen molar-refractivity contribution in [3.63, 3.8) is 0 Å². The van der Waals surface area contributed by atoms with Crippen LogP contribution in [0.1, 0.15) is 11.6 Å². The summed E-state index contributed by atoms with van der Waals surface area (Å²) < 4.78 is 3.17. The van der Waals surface area contributed by atoms with Gasteiger partial charge in [-0.25, -0.2) is 9.20 Å². The molecule has 10 heteroatoms. The third-order valence-electron chi connectivity index (χ3n) is 4.44. The second-order valence-electron chi connectivity index (χ2n) is 6.06. The Hall–Kier alpha value is -3.01. The molecule has 0 radical (unpaired) electrons. The highest BCUT2D eigenvalue weighted by Gasteiger charge is 2.35. The zero-order valence-corrected chi connectivity index (χ0v) is 15.7. The first kappa shape index (κ1) is 17.4. The number of carbonyl (C=O) groups is 2. The molecule has 0 aliphatic carbocycles. The number of piperazine rings is 1. The maximum absolute atomic E-state index is 12.9. The van der Waals surface area contributed by atoms with Gasteiger partial charge in [0.15, 0.2) is 0 Å². The largest absolute Gasteiger partial charge is 0.352 e. The minimum absolute atomic E-state index is 0.255. The van der Waals surface area contributed by atoms with Gasteiger partial charge < -0.3 is 10.2 Å². The Labute approximate surface area is 161 Å². The van der Waals surface area contributed by atoms with E-state index in [-0.39, 0.29) is 18.4 Å². The van der Waals surface area contributed by atoms with Gasteiger partial charge in [-0.05, 0) is 17.7 Å². The van der Waals surface area contributed by atoms with E-state index in [9.17, 15) is 14.4 Å². The van der Waals surface area contributed by atoms with Gasteiger partial charge in [0.05, 0.1) is 6.20 Å². The van der Waals surface area contributed by atoms with Crippen LogP contribution >= 0.6 is 15.9 Å². The summed E-state index contributed by atoms with van der Waals surface area (Å²) in [4.78, 5) is 39.4. The number of rotatable bonds is 3. The van der Waals surface area contributed by atoms with Crippen LogP contribution in [0.25, 0.3) is 5.52 Å². The fourth-order valence-electron chi connectivity index (χ4n) is 3.14. The molecule has 3 aromatic rings. The first-order valence-corrected chi connectivity index (χ1v) is 9.06. The second-order valence-corrected chi connectivity index (χ2v) is 6.91. The molecule has 1 fully saturated rings. The number of hydrogen-bond acceptors (Lipinski definition) is 5. The van der Waals surface area contributed by atoms with Gasteiger partial charge in [0, 0.05) is 17.6 Å². The molecule has 2 amide bonds. The summed E-state index contributed by atoms with van der Waals surface area (Å²) in [5.41, 5.74) is 0.605. The normalized spacial score (nSPS) is 17.1. The number of amides is 2. The summed E-state index contributed by atoms with van der Waals surface area (Å²) in [6, 6.07) is 8.05. The zero-order valence-electron chi connectivity index (χ0n) is 14.1. The van der Waals surface area contributed by atoms with Crippen molar-refractivity contribution in [1.82, 2.24) is 29.6 Å². The summed E-state index contributed by atoms with van der Waals surface area (Å²) >= 11 is 3.44. The predicted octanol–water partition coefficient (Wildman–Crippen LogP) is 0.353. The molecule has 1 aliphatic rings. The lowest BCUT2D eigenvalue weighted by Crippen LogP contribution is -2.53. The van der Waals surface area contributed by atoms with Crippen LogP contribution in [-0.2, 0) is 16.1 Å². The highest BCUT2D eigenvalue weighted by atomic mass is 79.9. The van der Waals surface area contributed by atoms with Gasteiger partial charge in [-0.15, -0.1) is 0 Å². The standard InChI is InChI=1S/C17H15BrN6O3/c18-12-4-2-1-3-11(12)15-16(26)19-7-8-22(15)14(25)9-23-17(27)13-5-6-20-24(13)10-21-23/h1-6,10,15H,7-9H2,(H,19,26). The molecule has 1 unspecified atom stereocenters. The molecule has 2 aromatic heterocycles. The van der Waals surface area contributed by atoms with Crippen molar-refractivity contribution in [3.05, 3.63) is 63.2 Å². The van der Waals surface area contributed by atoms with Crippen LogP contribution < -0.4 is 10.9 Å². The maximum Gasteiger partial charge on any atom is 0.293 e. The van der Waals surface area contributed by atoms with E-state index in [4.69, 9.17) is 0 Å². The number of nitrogens with zero attached hydrogens (tertiary/aromatic N) is 5. The van der Waals surface area contributed by atoms with E-state index in [0.29, 0.717) is 24.2 Å². The number of carbonyl (C=O) groups excluding carboxylic acids is 2. The van der Waals surface area contributed by atoms with Gasteiger partial charge in [-0.1, -0.05) is 34.1 Å². The number of benzene rings is 1. The molecule has 0 saturated carbocycles. The number of fused-ring (bicyclic) bond motifs is 1. The molecule has 27 heavy (non-hydrogen) atoms. The quantitative estimate of drug-likeness (QED) is 0.645. The van der Waals surface area contributed by atoms with Crippen LogP contribution in [0.3, 0.4) is 0 Å². The van der Waals surface area contributed by atoms with Gasteiger partial charge in [-0.3, -0.25) is 14.4 Å². The molecule has 0 bridgehead atoms. The van der Waals surface area contributed by atoms with E-state index < -0.39 is 11.6 Å². The highest BCUT2D eigenvalue weighted by Crippen LogP contribution is 2.29. The zero-order chi connectivity index (χ0) is 19.0. The minimum atomic E-state index is -0.767. The molecule has 138 valence electrons. The Balaban J connectivity index is 1.66. The lowest BCUT2D eigenvalue weighted by Gasteiger charge is -2.35. The highest BCUT2D eigenvalue weighted by molar-refractivity contribution is 9.10. The summed E-state index contributed by atoms with van der Waals surface area (Å²) in [5, 5.41) is 10.7. The molecule has 4 rings (SSSR count). The maximum atomic E-state index is 12.9. The Morgan fingerprint density at radius 3 is 2.85 bits per heavy atom. The third-order valence-corrected chi connectivity index (χ3v) is 5.16. The van der Waals surface area contributed by atoms with Gasteiger partial charge in [0.1, 0.15) is 24.4 Å². The summed E-state index contributed by atoms with van der Waals surface area (Å²) in [6.07, 6.45) is 2.86. The molecule has 1 aromatic carbocycles. The van der Waals surface area contributed by atoms with E-state index in [1.54, 1.807) is 12.1 Å². The Morgan fingerprint density at radius 1 is 1.22 bits per heavy atom. The van der Waals surface area contributed by atoms with Crippen LogP contribution in [0.15, 0.2) is 52.1 Å².